The molecular formula is C27H31NO3. The molecule has 162 valence electrons. The number of carbonyl (C=O) groups is 1. The average molecular weight is 418 g/mol. The highest BCUT2D eigenvalue weighted by Gasteiger charge is 2.13. The first-order valence-corrected chi connectivity index (χ1v) is 10.7. The third kappa shape index (κ3) is 6.61. The molecule has 3 rings (SSSR count). The first kappa shape index (κ1) is 22.4. The molecule has 0 spiro atoms. The Balaban J connectivity index is 1.63. The Morgan fingerprint density at radius 1 is 0.968 bits per heavy atom. The van der Waals surface area contributed by atoms with Crippen LogP contribution in [0.5, 0.6) is 11.5 Å². The molecule has 1 amide bonds. The van der Waals surface area contributed by atoms with Crippen molar-refractivity contribution in [1.29, 1.82) is 0 Å². The van der Waals surface area contributed by atoms with Gasteiger partial charge in [-0.05, 0) is 80.6 Å². The van der Waals surface area contributed by atoms with Crippen LogP contribution < -0.4 is 14.8 Å². The van der Waals surface area contributed by atoms with Crippen molar-refractivity contribution < 1.29 is 14.3 Å². The van der Waals surface area contributed by atoms with Crippen LogP contribution in [0.3, 0.4) is 0 Å². The second kappa shape index (κ2) is 10.7. The lowest BCUT2D eigenvalue weighted by Crippen LogP contribution is -2.33. The molecule has 0 aliphatic rings. The third-order valence-electron chi connectivity index (χ3n) is 5.22. The maximum Gasteiger partial charge on any atom is 0.251 e. The summed E-state index contributed by atoms with van der Waals surface area (Å²) < 4.78 is 11.5. The third-order valence-corrected chi connectivity index (χ3v) is 5.22. The molecule has 0 aliphatic carbocycles. The van der Waals surface area contributed by atoms with Crippen LogP contribution in [0.4, 0.5) is 0 Å². The fraction of sp³-hybridized carbons (Fsp3) is 0.296. The Kier molecular flexibility index (Phi) is 7.71. The number of hydrogen-bond donors (Lipinski definition) is 1. The predicted octanol–water partition coefficient (Wildman–Crippen LogP) is 5.64. The highest BCUT2D eigenvalue weighted by Crippen LogP contribution is 2.24. The van der Waals surface area contributed by atoms with Crippen LogP contribution in [0.15, 0.2) is 66.7 Å². The zero-order valence-corrected chi connectivity index (χ0v) is 18.8. The van der Waals surface area contributed by atoms with E-state index in [1.807, 2.05) is 63.2 Å². The fourth-order valence-corrected chi connectivity index (χ4v) is 3.62. The highest BCUT2D eigenvalue weighted by molar-refractivity contribution is 5.94. The molecule has 0 aliphatic heterocycles. The molecule has 1 atom stereocenters. The molecule has 3 aromatic rings. The first-order valence-electron chi connectivity index (χ1n) is 10.7. The molecule has 0 aromatic heterocycles. The van der Waals surface area contributed by atoms with E-state index in [0.29, 0.717) is 17.9 Å². The Bertz CT molecular complexity index is 994. The van der Waals surface area contributed by atoms with Gasteiger partial charge >= 0.3 is 0 Å². The molecular weight excluding hydrogens is 386 g/mol. The van der Waals surface area contributed by atoms with E-state index in [9.17, 15) is 4.79 Å². The molecule has 0 fully saturated rings. The first-order chi connectivity index (χ1) is 14.9. The van der Waals surface area contributed by atoms with E-state index in [2.05, 4.69) is 23.5 Å². The standard InChI is InChI=1S/C27H31NO3/c1-19-14-20(2)16-25(15-19)31-18-24-17-23(12-13-26(24)30-4)27(29)28-21(3)10-11-22-8-6-5-7-9-22/h5-9,12-17,21H,10-11,18H2,1-4H3,(H,28,29). The Hall–Kier alpha value is -3.27. The number of carbonyl (C=O) groups excluding carboxylic acids is 1. The maximum atomic E-state index is 12.8. The number of benzene rings is 3. The van der Waals surface area contributed by atoms with Crippen LogP contribution in [-0.2, 0) is 13.0 Å². The lowest BCUT2D eigenvalue weighted by molar-refractivity contribution is 0.0938. The molecule has 0 radical (unpaired) electrons. The van der Waals surface area contributed by atoms with Crippen LogP contribution in [0.1, 0.15) is 46.0 Å². The van der Waals surface area contributed by atoms with Gasteiger partial charge in [-0.2, -0.15) is 0 Å². The minimum atomic E-state index is -0.0872. The van der Waals surface area contributed by atoms with Crippen molar-refractivity contribution in [2.45, 2.75) is 46.3 Å². The fourth-order valence-electron chi connectivity index (χ4n) is 3.62. The minimum absolute atomic E-state index is 0.0739. The molecule has 0 saturated carbocycles. The van der Waals surface area contributed by atoms with E-state index < -0.39 is 0 Å². The van der Waals surface area contributed by atoms with Crippen LogP contribution >= 0.6 is 0 Å². The molecule has 31 heavy (non-hydrogen) atoms. The number of rotatable bonds is 9. The van der Waals surface area contributed by atoms with Crippen LogP contribution in [0, 0.1) is 13.8 Å². The van der Waals surface area contributed by atoms with Gasteiger partial charge in [0.2, 0.25) is 0 Å². The second-order valence-electron chi connectivity index (χ2n) is 8.04. The van der Waals surface area contributed by atoms with Crippen LogP contribution in [0.2, 0.25) is 0 Å². The van der Waals surface area contributed by atoms with Gasteiger partial charge < -0.3 is 14.8 Å². The largest absolute Gasteiger partial charge is 0.496 e. The summed E-state index contributed by atoms with van der Waals surface area (Å²) in [6, 6.07) is 22.0. The normalized spacial score (nSPS) is 11.6. The summed E-state index contributed by atoms with van der Waals surface area (Å²) in [7, 11) is 1.63. The highest BCUT2D eigenvalue weighted by atomic mass is 16.5. The topological polar surface area (TPSA) is 47.6 Å². The molecule has 1 N–H and O–H groups in total. The van der Waals surface area contributed by atoms with Crippen molar-refractivity contribution in [2.75, 3.05) is 7.11 Å². The number of ether oxygens (including phenoxy) is 2. The number of nitrogens with one attached hydrogen (secondary N) is 1. The van der Waals surface area contributed by atoms with Crippen molar-refractivity contribution in [3.8, 4) is 11.5 Å². The van der Waals surface area contributed by atoms with Crippen molar-refractivity contribution in [2.24, 2.45) is 0 Å². The van der Waals surface area contributed by atoms with E-state index in [1.165, 1.54) is 5.56 Å². The Labute approximate surface area is 185 Å². The molecule has 0 bridgehead atoms. The average Bonchev–Trinajstić information content (AvgIpc) is 2.76. The van der Waals surface area contributed by atoms with Gasteiger partial charge in [0.1, 0.15) is 18.1 Å². The van der Waals surface area contributed by atoms with Crippen molar-refractivity contribution >= 4 is 5.91 Å². The van der Waals surface area contributed by atoms with Gasteiger partial charge in [-0.25, -0.2) is 0 Å². The summed E-state index contributed by atoms with van der Waals surface area (Å²) in [5.41, 5.74) is 5.02. The van der Waals surface area contributed by atoms with Gasteiger partial charge in [0.15, 0.2) is 0 Å². The molecule has 1 unspecified atom stereocenters. The van der Waals surface area contributed by atoms with E-state index in [0.717, 1.165) is 35.3 Å². The van der Waals surface area contributed by atoms with Gasteiger partial charge in [0.25, 0.3) is 5.91 Å². The molecule has 4 heteroatoms. The van der Waals surface area contributed by atoms with E-state index >= 15 is 0 Å². The molecule has 3 aromatic carbocycles. The molecule has 0 saturated heterocycles. The maximum absolute atomic E-state index is 12.8. The van der Waals surface area contributed by atoms with Crippen LogP contribution in [-0.4, -0.2) is 19.1 Å². The van der Waals surface area contributed by atoms with Gasteiger partial charge in [-0.1, -0.05) is 36.4 Å². The summed E-state index contributed by atoms with van der Waals surface area (Å²) in [6.45, 7) is 6.46. The summed E-state index contributed by atoms with van der Waals surface area (Å²) in [5, 5.41) is 3.10. The van der Waals surface area contributed by atoms with Gasteiger partial charge in [-0.3, -0.25) is 4.79 Å². The van der Waals surface area contributed by atoms with Gasteiger partial charge in [-0.15, -0.1) is 0 Å². The Morgan fingerprint density at radius 2 is 1.68 bits per heavy atom. The zero-order chi connectivity index (χ0) is 22.2. The second-order valence-corrected chi connectivity index (χ2v) is 8.04. The molecule has 0 heterocycles. The number of aryl methyl sites for hydroxylation is 3. The number of methoxy groups -OCH3 is 1. The summed E-state index contributed by atoms with van der Waals surface area (Å²) in [4.78, 5) is 12.8. The monoisotopic (exact) mass is 417 g/mol. The summed E-state index contributed by atoms with van der Waals surface area (Å²) >= 11 is 0. The van der Waals surface area contributed by atoms with E-state index in [4.69, 9.17) is 9.47 Å². The summed E-state index contributed by atoms with van der Waals surface area (Å²) in [6.07, 6.45) is 1.81. The minimum Gasteiger partial charge on any atom is -0.496 e. The number of hydrogen-bond acceptors (Lipinski definition) is 3. The van der Waals surface area contributed by atoms with E-state index in [-0.39, 0.29) is 11.9 Å². The predicted molar refractivity (Wildman–Crippen MR) is 125 cm³/mol. The number of amides is 1. The Morgan fingerprint density at radius 3 is 2.35 bits per heavy atom. The van der Waals surface area contributed by atoms with E-state index in [1.54, 1.807) is 13.2 Å². The van der Waals surface area contributed by atoms with Crippen molar-refractivity contribution in [3.63, 3.8) is 0 Å². The lowest BCUT2D eigenvalue weighted by atomic mass is 10.1. The van der Waals surface area contributed by atoms with Gasteiger partial charge in [0.05, 0.1) is 7.11 Å². The van der Waals surface area contributed by atoms with Crippen LogP contribution in [0.25, 0.3) is 0 Å². The SMILES string of the molecule is COc1ccc(C(=O)NC(C)CCc2ccccc2)cc1COc1cc(C)cc(C)c1. The lowest BCUT2D eigenvalue weighted by Gasteiger charge is -2.16. The quantitative estimate of drug-likeness (QED) is 0.490. The van der Waals surface area contributed by atoms with Gasteiger partial charge in [0, 0.05) is 17.2 Å². The molecule has 4 nitrogen and oxygen atoms in total. The smallest absolute Gasteiger partial charge is 0.251 e. The van der Waals surface area contributed by atoms with Crippen molar-refractivity contribution in [3.05, 3.63) is 94.5 Å². The summed E-state index contributed by atoms with van der Waals surface area (Å²) in [5.74, 6) is 1.43. The zero-order valence-electron chi connectivity index (χ0n) is 18.8. The van der Waals surface area contributed by atoms with Crippen molar-refractivity contribution in [1.82, 2.24) is 5.32 Å².